The van der Waals surface area contributed by atoms with Gasteiger partial charge >= 0.3 is 0 Å². The maximum Gasteiger partial charge on any atom is 0.115 e. The lowest BCUT2D eigenvalue weighted by atomic mass is 9.62. The summed E-state index contributed by atoms with van der Waals surface area (Å²) in [4.78, 5) is 1.40. The van der Waals surface area contributed by atoms with Crippen molar-refractivity contribution in [1.29, 1.82) is 0 Å². The number of hydrogen-bond acceptors (Lipinski definition) is 2. The van der Waals surface area contributed by atoms with E-state index in [-0.39, 0.29) is 0 Å². The summed E-state index contributed by atoms with van der Waals surface area (Å²) in [5, 5.41) is 9.53. The molecule has 2 heteroatoms. The van der Waals surface area contributed by atoms with E-state index in [1.807, 2.05) is 23.9 Å². The maximum absolute atomic E-state index is 9.53. The van der Waals surface area contributed by atoms with Crippen LogP contribution in [-0.2, 0) is 5.41 Å². The van der Waals surface area contributed by atoms with E-state index >= 15 is 0 Å². The summed E-state index contributed by atoms with van der Waals surface area (Å²) in [6.07, 6.45) is 5.31. The molecule has 0 unspecified atom stereocenters. The first kappa shape index (κ1) is 8.66. The highest BCUT2D eigenvalue weighted by Gasteiger charge is 2.41. The molecule has 0 saturated heterocycles. The van der Waals surface area contributed by atoms with Crippen LogP contribution in [0.3, 0.4) is 0 Å². The van der Waals surface area contributed by atoms with Crippen molar-refractivity contribution in [3.8, 4) is 5.75 Å². The van der Waals surface area contributed by atoms with Crippen molar-refractivity contribution in [2.24, 2.45) is 0 Å². The Hall–Kier alpha value is -0.630. The van der Waals surface area contributed by atoms with Crippen molar-refractivity contribution in [3.05, 3.63) is 23.8 Å². The van der Waals surface area contributed by atoms with E-state index in [4.69, 9.17) is 0 Å². The molecule has 0 bridgehead atoms. The van der Waals surface area contributed by atoms with Gasteiger partial charge in [0.05, 0.1) is 0 Å². The number of phenolic OH excluding ortho intramolecular Hbond substituents is 1. The van der Waals surface area contributed by atoms with E-state index in [0.717, 1.165) is 0 Å². The topological polar surface area (TPSA) is 20.2 Å². The van der Waals surface area contributed by atoms with Gasteiger partial charge in [-0.3, -0.25) is 0 Å². The average molecular weight is 206 g/mol. The molecule has 0 atom stereocenters. The fraction of sp³-hybridized carbons (Fsp3) is 0.500. The van der Waals surface area contributed by atoms with Crippen LogP contribution >= 0.6 is 11.8 Å². The van der Waals surface area contributed by atoms with Gasteiger partial charge in [-0.25, -0.2) is 0 Å². The SMILES string of the molecule is Oc1ccc2c(c1)C1(CCC1)CCS2. The molecule has 1 N–H and O–H groups in total. The zero-order valence-electron chi connectivity index (χ0n) is 8.12. The molecule has 0 amide bonds. The Labute approximate surface area is 88.5 Å². The van der Waals surface area contributed by atoms with Crippen LogP contribution in [0, 0.1) is 0 Å². The number of phenols is 1. The lowest BCUT2D eigenvalue weighted by molar-refractivity contribution is 0.229. The molecule has 1 spiro atoms. The minimum absolute atomic E-state index is 0.428. The third kappa shape index (κ3) is 1.10. The lowest BCUT2D eigenvalue weighted by Crippen LogP contribution is -2.37. The van der Waals surface area contributed by atoms with E-state index in [1.165, 1.54) is 41.9 Å². The average Bonchev–Trinajstić information content (AvgIpc) is 2.14. The van der Waals surface area contributed by atoms with Crippen molar-refractivity contribution in [2.75, 3.05) is 5.75 Å². The first-order valence-corrected chi connectivity index (χ1v) is 6.25. The molecule has 1 aromatic rings. The van der Waals surface area contributed by atoms with Crippen LogP contribution in [0.15, 0.2) is 23.1 Å². The first-order chi connectivity index (χ1) is 6.80. The number of aromatic hydroxyl groups is 1. The summed E-state index contributed by atoms with van der Waals surface area (Å²) in [6, 6.07) is 5.87. The van der Waals surface area contributed by atoms with Gasteiger partial charge in [-0.05, 0) is 54.2 Å². The van der Waals surface area contributed by atoms with Crippen LogP contribution in [0.2, 0.25) is 0 Å². The molecule has 74 valence electrons. The first-order valence-electron chi connectivity index (χ1n) is 5.27. The molecule has 0 radical (unpaired) electrons. The maximum atomic E-state index is 9.53. The Morgan fingerprint density at radius 2 is 2.07 bits per heavy atom. The van der Waals surface area contributed by atoms with Gasteiger partial charge in [0.25, 0.3) is 0 Å². The molecule has 1 aromatic carbocycles. The molecule has 3 rings (SSSR count). The van der Waals surface area contributed by atoms with Crippen LogP contribution < -0.4 is 0 Å². The lowest BCUT2D eigenvalue weighted by Gasteiger charge is -2.46. The fourth-order valence-corrected chi connectivity index (χ4v) is 3.98. The van der Waals surface area contributed by atoms with Crippen LogP contribution in [0.4, 0.5) is 0 Å². The van der Waals surface area contributed by atoms with E-state index in [2.05, 4.69) is 6.07 Å². The van der Waals surface area contributed by atoms with Crippen LogP contribution in [0.5, 0.6) is 5.75 Å². The molecule has 2 aliphatic rings. The molecule has 14 heavy (non-hydrogen) atoms. The Balaban J connectivity index is 2.12. The molecule has 1 aliphatic carbocycles. The molecular weight excluding hydrogens is 192 g/mol. The van der Waals surface area contributed by atoms with Gasteiger partial charge in [-0.15, -0.1) is 11.8 Å². The second-order valence-corrected chi connectivity index (χ2v) is 5.55. The highest BCUT2D eigenvalue weighted by Crippen LogP contribution is 2.53. The third-order valence-corrected chi connectivity index (χ3v) is 4.76. The van der Waals surface area contributed by atoms with Crippen LogP contribution in [0.1, 0.15) is 31.2 Å². The number of thioether (sulfide) groups is 1. The monoisotopic (exact) mass is 206 g/mol. The molecule has 0 aromatic heterocycles. The molecule has 1 fully saturated rings. The van der Waals surface area contributed by atoms with E-state index in [0.29, 0.717) is 11.2 Å². The second-order valence-electron chi connectivity index (χ2n) is 4.41. The van der Waals surface area contributed by atoms with Crippen LogP contribution in [0.25, 0.3) is 0 Å². The van der Waals surface area contributed by atoms with Gasteiger partial charge in [0.2, 0.25) is 0 Å². The van der Waals surface area contributed by atoms with E-state index in [9.17, 15) is 5.11 Å². The molecule has 1 nitrogen and oxygen atoms in total. The Kier molecular flexibility index (Phi) is 1.81. The van der Waals surface area contributed by atoms with E-state index < -0.39 is 0 Å². The van der Waals surface area contributed by atoms with Gasteiger partial charge < -0.3 is 5.11 Å². The number of fused-ring (bicyclic) bond motifs is 2. The molecule has 1 aliphatic heterocycles. The fourth-order valence-electron chi connectivity index (χ4n) is 2.67. The minimum Gasteiger partial charge on any atom is -0.508 e. The smallest absolute Gasteiger partial charge is 0.115 e. The Morgan fingerprint density at radius 3 is 2.79 bits per heavy atom. The zero-order valence-corrected chi connectivity index (χ0v) is 8.94. The van der Waals surface area contributed by atoms with Crippen molar-refractivity contribution < 1.29 is 5.11 Å². The van der Waals surface area contributed by atoms with Crippen molar-refractivity contribution in [2.45, 2.75) is 36.0 Å². The summed E-state index contributed by atoms with van der Waals surface area (Å²) < 4.78 is 0. The van der Waals surface area contributed by atoms with E-state index in [1.54, 1.807) is 0 Å². The predicted molar refractivity (Wildman–Crippen MR) is 59.0 cm³/mol. The largest absolute Gasteiger partial charge is 0.508 e. The van der Waals surface area contributed by atoms with Gasteiger partial charge in [0.15, 0.2) is 0 Å². The standard InChI is InChI=1S/C12H14OS/c13-9-2-3-11-10(8-9)12(4-1-5-12)6-7-14-11/h2-3,8,13H,1,4-7H2. The zero-order chi connectivity index (χ0) is 9.60. The molecule has 1 saturated carbocycles. The summed E-state index contributed by atoms with van der Waals surface area (Å²) in [6.45, 7) is 0. The summed E-state index contributed by atoms with van der Waals surface area (Å²) in [5.41, 5.74) is 1.86. The number of hydrogen-bond donors (Lipinski definition) is 1. The summed E-state index contributed by atoms with van der Waals surface area (Å²) in [5.74, 6) is 1.68. The van der Waals surface area contributed by atoms with Gasteiger partial charge in [-0.2, -0.15) is 0 Å². The minimum atomic E-state index is 0.428. The van der Waals surface area contributed by atoms with Gasteiger partial charge in [-0.1, -0.05) is 6.42 Å². The van der Waals surface area contributed by atoms with Gasteiger partial charge in [0, 0.05) is 4.90 Å². The number of rotatable bonds is 0. The summed E-state index contributed by atoms with van der Waals surface area (Å²) in [7, 11) is 0. The highest BCUT2D eigenvalue weighted by molar-refractivity contribution is 7.99. The Morgan fingerprint density at radius 1 is 1.21 bits per heavy atom. The van der Waals surface area contributed by atoms with Crippen LogP contribution in [-0.4, -0.2) is 10.9 Å². The number of benzene rings is 1. The summed E-state index contributed by atoms with van der Waals surface area (Å²) >= 11 is 1.94. The quantitative estimate of drug-likeness (QED) is 0.702. The van der Waals surface area contributed by atoms with Crippen molar-refractivity contribution >= 4 is 11.8 Å². The third-order valence-electron chi connectivity index (χ3n) is 3.68. The molecule has 1 heterocycles. The Bertz CT molecular complexity index is 369. The molecular formula is C12H14OS. The van der Waals surface area contributed by atoms with Crippen molar-refractivity contribution in [1.82, 2.24) is 0 Å². The predicted octanol–water partition coefficient (Wildman–Crippen LogP) is 3.31. The second kappa shape index (κ2) is 2.93. The highest BCUT2D eigenvalue weighted by atomic mass is 32.2. The van der Waals surface area contributed by atoms with Gasteiger partial charge in [0.1, 0.15) is 5.75 Å². The van der Waals surface area contributed by atoms with Crippen molar-refractivity contribution in [3.63, 3.8) is 0 Å². The normalized spacial score (nSPS) is 22.9.